The summed E-state index contributed by atoms with van der Waals surface area (Å²) in [5, 5.41) is 2.73. The van der Waals surface area contributed by atoms with E-state index in [0.717, 1.165) is 12.8 Å². The van der Waals surface area contributed by atoms with Crippen molar-refractivity contribution in [2.24, 2.45) is 11.7 Å². The largest absolute Gasteiger partial charge is 0.464 e. The molecular weight excluding hydrogens is 196 g/mol. The molecule has 0 heterocycles. The summed E-state index contributed by atoms with van der Waals surface area (Å²) in [7, 11) is 0. The maximum atomic E-state index is 11.4. The molecule has 1 aliphatic carbocycles. The van der Waals surface area contributed by atoms with Crippen LogP contribution in [0.3, 0.4) is 0 Å². The molecule has 0 aromatic heterocycles. The third-order valence-corrected chi connectivity index (χ3v) is 2.60. The smallest absolute Gasteiger partial charge is 0.332 e. The van der Waals surface area contributed by atoms with Gasteiger partial charge in [0.05, 0.1) is 6.61 Å². The topological polar surface area (TPSA) is 81.4 Å². The van der Waals surface area contributed by atoms with Crippen LogP contribution in [-0.2, 0) is 14.3 Å². The number of nitrogens with one attached hydrogen (secondary N) is 1. The summed E-state index contributed by atoms with van der Waals surface area (Å²) in [5.41, 5.74) is 5.42. The lowest BCUT2D eigenvalue weighted by Crippen LogP contribution is -2.47. The molecule has 0 saturated heterocycles. The molecule has 1 amide bonds. The number of rotatable bonds is 5. The van der Waals surface area contributed by atoms with E-state index in [1.54, 1.807) is 6.92 Å². The lowest BCUT2D eigenvalue weighted by molar-refractivity contribution is -0.148. The molecule has 0 spiro atoms. The quantitative estimate of drug-likeness (QED) is 0.490. The van der Waals surface area contributed by atoms with Gasteiger partial charge in [-0.25, -0.2) is 4.79 Å². The van der Waals surface area contributed by atoms with Crippen LogP contribution < -0.4 is 11.1 Å². The summed E-state index contributed by atoms with van der Waals surface area (Å²) >= 11 is 0. The van der Waals surface area contributed by atoms with Crippen molar-refractivity contribution < 1.29 is 14.3 Å². The molecule has 0 aromatic rings. The van der Waals surface area contributed by atoms with Crippen LogP contribution in [0.4, 0.5) is 0 Å². The monoisotopic (exact) mass is 214 g/mol. The Hall–Kier alpha value is -1.10. The van der Waals surface area contributed by atoms with E-state index in [4.69, 9.17) is 5.73 Å². The standard InChI is InChI=1S/C10H18N2O3/c1-3-6-5-7(6)12-9(13)8(11)10(14)15-4-2/h6-8H,3-5,11H2,1-2H3,(H,12,13). The van der Waals surface area contributed by atoms with Crippen molar-refractivity contribution in [2.45, 2.75) is 38.8 Å². The lowest BCUT2D eigenvalue weighted by Gasteiger charge is -2.10. The van der Waals surface area contributed by atoms with E-state index in [2.05, 4.69) is 17.0 Å². The van der Waals surface area contributed by atoms with Crippen LogP contribution in [0.1, 0.15) is 26.7 Å². The van der Waals surface area contributed by atoms with Crippen LogP contribution in [0.5, 0.6) is 0 Å². The summed E-state index contributed by atoms with van der Waals surface area (Å²) in [6.45, 7) is 3.99. The van der Waals surface area contributed by atoms with Crippen molar-refractivity contribution in [2.75, 3.05) is 6.61 Å². The van der Waals surface area contributed by atoms with Gasteiger partial charge in [0.25, 0.3) is 0 Å². The molecule has 0 radical (unpaired) electrons. The molecule has 3 unspecified atom stereocenters. The Morgan fingerprint density at radius 1 is 1.53 bits per heavy atom. The summed E-state index contributed by atoms with van der Waals surface area (Å²) in [4.78, 5) is 22.6. The van der Waals surface area contributed by atoms with Crippen molar-refractivity contribution in [1.29, 1.82) is 0 Å². The average molecular weight is 214 g/mol. The minimum Gasteiger partial charge on any atom is -0.464 e. The first-order valence-electron chi connectivity index (χ1n) is 5.32. The number of hydrogen-bond donors (Lipinski definition) is 2. The van der Waals surface area contributed by atoms with E-state index < -0.39 is 17.9 Å². The van der Waals surface area contributed by atoms with Gasteiger partial charge in [-0.05, 0) is 19.3 Å². The van der Waals surface area contributed by atoms with Gasteiger partial charge in [0.2, 0.25) is 5.91 Å². The number of amides is 1. The van der Waals surface area contributed by atoms with Gasteiger partial charge in [-0.1, -0.05) is 13.3 Å². The zero-order chi connectivity index (χ0) is 11.4. The fraction of sp³-hybridized carbons (Fsp3) is 0.800. The lowest BCUT2D eigenvalue weighted by atomic mass is 10.3. The van der Waals surface area contributed by atoms with Crippen LogP contribution in [-0.4, -0.2) is 30.6 Å². The van der Waals surface area contributed by atoms with Gasteiger partial charge in [0.1, 0.15) is 0 Å². The van der Waals surface area contributed by atoms with E-state index in [1.807, 2.05) is 0 Å². The minimum absolute atomic E-state index is 0.197. The van der Waals surface area contributed by atoms with Crippen LogP contribution in [0, 0.1) is 5.92 Å². The molecule has 3 N–H and O–H groups in total. The average Bonchev–Trinajstić information content (AvgIpc) is 2.95. The second-order valence-electron chi connectivity index (χ2n) is 3.75. The Kier molecular flexibility index (Phi) is 4.08. The first-order valence-corrected chi connectivity index (χ1v) is 5.32. The molecule has 1 rings (SSSR count). The van der Waals surface area contributed by atoms with E-state index in [1.165, 1.54) is 0 Å². The molecule has 3 atom stereocenters. The maximum Gasteiger partial charge on any atom is 0.332 e. The zero-order valence-electron chi connectivity index (χ0n) is 9.16. The zero-order valence-corrected chi connectivity index (χ0v) is 9.16. The van der Waals surface area contributed by atoms with Crippen LogP contribution in [0.2, 0.25) is 0 Å². The SMILES string of the molecule is CCOC(=O)C(N)C(=O)NC1CC1CC. The van der Waals surface area contributed by atoms with E-state index in [9.17, 15) is 9.59 Å². The number of hydrogen-bond acceptors (Lipinski definition) is 4. The van der Waals surface area contributed by atoms with Crippen LogP contribution in [0.15, 0.2) is 0 Å². The Bertz CT molecular complexity index is 255. The normalized spacial score (nSPS) is 25.5. The Labute approximate surface area is 89.3 Å². The Morgan fingerprint density at radius 3 is 2.67 bits per heavy atom. The van der Waals surface area contributed by atoms with Gasteiger partial charge in [-0.15, -0.1) is 0 Å². The number of esters is 1. The van der Waals surface area contributed by atoms with E-state index >= 15 is 0 Å². The highest BCUT2D eigenvalue weighted by Crippen LogP contribution is 2.32. The molecular formula is C10H18N2O3. The summed E-state index contributed by atoms with van der Waals surface area (Å²) in [6.07, 6.45) is 2.03. The highest BCUT2D eigenvalue weighted by Gasteiger charge is 2.38. The van der Waals surface area contributed by atoms with Gasteiger partial charge in [0.15, 0.2) is 6.04 Å². The summed E-state index contributed by atoms with van der Waals surface area (Å²) < 4.78 is 4.66. The number of ether oxygens (including phenoxy) is 1. The van der Waals surface area contributed by atoms with Crippen molar-refractivity contribution in [1.82, 2.24) is 5.32 Å². The van der Waals surface area contributed by atoms with Crippen molar-refractivity contribution in [3.8, 4) is 0 Å². The highest BCUT2D eigenvalue weighted by atomic mass is 16.5. The van der Waals surface area contributed by atoms with Gasteiger partial charge >= 0.3 is 5.97 Å². The number of nitrogens with two attached hydrogens (primary N) is 1. The summed E-state index contributed by atoms with van der Waals surface area (Å²) in [5.74, 6) is -0.554. The van der Waals surface area contributed by atoms with Crippen molar-refractivity contribution >= 4 is 11.9 Å². The fourth-order valence-corrected chi connectivity index (χ4v) is 1.49. The molecule has 86 valence electrons. The highest BCUT2D eigenvalue weighted by molar-refractivity contribution is 6.01. The van der Waals surface area contributed by atoms with Gasteiger partial charge in [-0.3, -0.25) is 4.79 Å². The molecule has 5 heteroatoms. The second kappa shape index (κ2) is 5.11. The van der Waals surface area contributed by atoms with Gasteiger partial charge in [-0.2, -0.15) is 0 Å². The summed E-state index contributed by atoms with van der Waals surface area (Å²) in [6, 6.07) is -0.994. The molecule has 15 heavy (non-hydrogen) atoms. The number of carbonyl (C=O) groups is 2. The third-order valence-electron chi connectivity index (χ3n) is 2.60. The maximum absolute atomic E-state index is 11.4. The molecule has 1 saturated carbocycles. The molecule has 0 aliphatic heterocycles. The van der Waals surface area contributed by atoms with E-state index in [-0.39, 0.29) is 12.6 Å². The van der Waals surface area contributed by atoms with Crippen molar-refractivity contribution in [3.05, 3.63) is 0 Å². The predicted molar refractivity (Wildman–Crippen MR) is 54.9 cm³/mol. The molecule has 1 fully saturated rings. The van der Waals surface area contributed by atoms with Crippen LogP contribution >= 0.6 is 0 Å². The van der Waals surface area contributed by atoms with Crippen molar-refractivity contribution in [3.63, 3.8) is 0 Å². The van der Waals surface area contributed by atoms with Gasteiger partial charge < -0.3 is 15.8 Å². The van der Waals surface area contributed by atoms with E-state index in [0.29, 0.717) is 5.92 Å². The molecule has 1 aliphatic rings. The Balaban J connectivity index is 2.30. The van der Waals surface area contributed by atoms with Gasteiger partial charge in [0, 0.05) is 6.04 Å². The second-order valence-corrected chi connectivity index (χ2v) is 3.75. The molecule has 0 bridgehead atoms. The minimum atomic E-state index is -1.19. The molecule has 0 aromatic carbocycles. The first kappa shape index (κ1) is 12.0. The van der Waals surface area contributed by atoms with Crippen LogP contribution in [0.25, 0.3) is 0 Å². The molecule has 5 nitrogen and oxygen atoms in total. The first-order chi connectivity index (χ1) is 7.10. The Morgan fingerprint density at radius 2 is 2.20 bits per heavy atom. The fourth-order valence-electron chi connectivity index (χ4n) is 1.49. The third kappa shape index (κ3) is 3.20. The predicted octanol–water partition coefficient (Wildman–Crippen LogP) is -0.208. The number of carbonyl (C=O) groups excluding carboxylic acids is 2.